The second-order valence-electron chi connectivity index (χ2n) is 8.19. The van der Waals surface area contributed by atoms with Gasteiger partial charge in [0, 0.05) is 58.0 Å². The first-order valence-corrected chi connectivity index (χ1v) is 10.7. The topological polar surface area (TPSA) is 60.2 Å². The number of nitrogens with zero attached hydrogens (tertiary/aromatic N) is 4. The molecule has 160 valence electrons. The Kier molecular flexibility index (Phi) is 6.08. The predicted molar refractivity (Wildman–Crippen MR) is 116 cm³/mol. The average molecular weight is 411 g/mol. The number of piperazine rings is 2. The third-order valence-corrected chi connectivity index (χ3v) is 5.97. The van der Waals surface area contributed by atoms with Crippen LogP contribution in [0.2, 0.25) is 0 Å². The Labute approximate surface area is 177 Å². The maximum absolute atomic E-state index is 12.8. The van der Waals surface area contributed by atoms with E-state index in [4.69, 9.17) is 4.42 Å². The van der Waals surface area contributed by atoms with E-state index in [9.17, 15) is 9.59 Å². The summed E-state index contributed by atoms with van der Waals surface area (Å²) < 4.78 is 5.45. The second kappa shape index (κ2) is 8.92. The van der Waals surface area contributed by atoms with E-state index >= 15 is 0 Å². The zero-order valence-corrected chi connectivity index (χ0v) is 17.8. The third kappa shape index (κ3) is 4.67. The lowest BCUT2D eigenvalue weighted by Gasteiger charge is -2.38. The van der Waals surface area contributed by atoms with Crippen LogP contribution in [0.5, 0.6) is 0 Å². The molecule has 7 heteroatoms. The Morgan fingerprint density at radius 2 is 1.57 bits per heavy atom. The number of aryl methyl sites for hydroxylation is 2. The van der Waals surface area contributed by atoms with Gasteiger partial charge in [0.25, 0.3) is 5.91 Å². The predicted octanol–water partition coefficient (Wildman–Crippen LogP) is 2.00. The minimum Gasteiger partial charge on any atom is -0.456 e. The van der Waals surface area contributed by atoms with Crippen molar-refractivity contribution in [2.45, 2.75) is 13.8 Å². The van der Waals surface area contributed by atoms with Crippen LogP contribution in [-0.4, -0.2) is 85.4 Å². The summed E-state index contributed by atoms with van der Waals surface area (Å²) in [6.07, 6.45) is 0. The van der Waals surface area contributed by atoms with Crippen LogP contribution in [0.4, 0.5) is 5.69 Å². The molecule has 2 amide bonds. The summed E-state index contributed by atoms with van der Waals surface area (Å²) in [5, 5.41) is 0. The summed E-state index contributed by atoms with van der Waals surface area (Å²) in [7, 11) is 0. The number of carbonyl (C=O) groups excluding carboxylic acids is 2. The Balaban J connectivity index is 1.22. The molecule has 2 aromatic rings. The van der Waals surface area contributed by atoms with Gasteiger partial charge < -0.3 is 19.1 Å². The molecule has 0 spiro atoms. The van der Waals surface area contributed by atoms with E-state index in [1.807, 2.05) is 11.8 Å². The highest BCUT2D eigenvalue weighted by Crippen LogP contribution is 2.18. The van der Waals surface area contributed by atoms with Gasteiger partial charge in [0.2, 0.25) is 5.91 Å². The van der Waals surface area contributed by atoms with E-state index in [1.54, 1.807) is 17.0 Å². The number of benzene rings is 1. The molecular weight excluding hydrogens is 380 g/mol. The Morgan fingerprint density at radius 3 is 2.20 bits per heavy atom. The molecule has 4 rings (SSSR count). The number of hydrogen-bond donors (Lipinski definition) is 0. The van der Waals surface area contributed by atoms with Gasteiger partial charge in [-0.1, -0.05) is 12.1 Å². The smallest absolute Gasteiger partial charge is 0.289 e. The van der Waals surface area contributed by atoms with Gasteiger partial charge in [0.1, 0.15) is 5.76 Å². The van der Waals surface area contributed by atoms with Crippen LogP contribution < -0.4 is 4.90 Å². The molecule has 0 aliphatic carbocycles. The van der Waals surface area contributed by atoms with Crippen molar-refractivity contribution < 1.29 is 14.0 Å². The molecule has 30 heavy (non-hydrogen) atoms. The molecule has 2 saturated heterocycles. The van der Waals surface area contributed by atoms with E-state index in [2.05, 4.69) is 41.0 Å². The highest BCUT2D eigenvalue weighted by molar-refractivity contribution is 5.91. The van der Waals surface area contributed by atoms with Crippen molar-refractivity contribution in [1.82, 2.24) is 14.7 Å². The van der Waals surface area contributed by atoms with Gasteiger partial charge in [-0.3, -0.25) is 14.5 Å². The normalized spacial score (nSPS) is 18.0. The van der Waals surface area contributed by atoms with E-state index in [0.29, 0.717) is 38.5 Å². The minimum atomic E-state index is -0.0682. The SMILES string of the molecule is Cc1cccc(N2CCN(C(=O)CN3CCN(C(=O)c4ccc(C)o4)CC3)CC2)c1. The molecule has 3 heterocycles. The number of carbonyl (C=O) groups is 2. The number of rotatable bonds is 4. The summed E-state index contributed by atoms with van der Waals surface area (Å²) >= 11 is 0. The molecule has 0 saturated carbocycles. The van der Waals surface area contributed by atoms with E-state index < -0.39 is 0 Å². The summed E-state index contributed by atoms with van der Waals surface area (Å²) in [5.41, 5.74) is 2.49. The van der Waals surface area contributed by atoms with Gasteiger partial charge >= 0.3 is 0 Å². The molecule has 0 atom stereocenters. The maximum atomic E-state index is 12.8. The molecule has 2 fully saturated rings. The van der Waals surface area contributed by atoms with E-state index in [-0.39, 0.29) is 11.8 Å². The van der Waals surface area contributed by atoms with Gasteiger partial charge in [-0.05, 0) is 43.7 Å². The monoisotopic (exact) mass is 410 g/mol. The van der Waals surface area contributed by atoms with E-state index in [1.165, 1.54) is 11.3 Å². The molecule has 1 aromatic carbocycles. The van der Waals surface area contributed by atoms with Gasteiger partial charge in [0.15, 0.2) is 5.76 Å². The fraction of sp³-hybridized carbons (Fsp3) is 0.478. The highest BCUT2D eigenvalue weighted by Gasteiger charge is 2.27. The lowest BCUT2D eigenvalue weighted by molar-refractivity contribution is -0.133. The first-order chi connectivity index (χ1) is 14.5. The zero-order chi connectivity index (χ0) is 21.1. The summed E-state index contributed by atoms with van der Waals surface area (Å²) in [6, 6.07) is 12.0. The Hall–Kier alpha value is -2.80. The van der Waals surface area contributed by atoms with Gasteiger partial charge in [0.05, 0.1) is 6.54 Å². The van der Waals surface area contributed by atoms with Gasteiger partial charge in [-0.2, -0.15) is 0 Å². The lowest BCUT2D eigenvalue weighted by atomic mass is 10.2. The molecule has 0 unspecified atom stereocenters. The summed E-state index contributed by atoms with van der Waals surface area (Å²) in [4.78, 5) is 33.5. The fourth-order valence-electron chi connectivity index (χ4n) is 4.14. The maximum Gasteiger partial charge on any atom is 0.289 e. The quantitative estimate of drug-likeness (QED) is 0.772. The second-order valence-corrected chi connectivity index (χ2v) is 8.19. The number of furan rings is 1. The fourth-order valence-corrected chi connectivity index (χ4v) is 4.14. The van der Waals surface area contributed by atoms with Gasteiger partial charge in [-0.25, -0.2) is 0 Å². The van der Waals surface area contributed by atoms with Crippen molar-refractivity contribution in [3.8, 4) is 0 Å². The van der Waals surface area contributed by atoms with Crippen molar-refractivity contribution in [2.75, 3.05) is 63.8 Å². The third-order valence-electron chi connectivity index (χ3n) is 5.97. The summed E-state index contributed by atoms with van der Waals surface area (Å²) in [5.74, 6) is 1.25. The van der Waals surface area contributed by atoms with Gasteiger partial charge in [-0.15, -0.1) is 0 Å². The molecule has 2 aliphatic heterocycles. The number of anilines is 1. The highest BCUT2D eigenvalue weighted by atomic mass is 16.3. The number of amides is 2. The molecule has 1 aromatic heterocycles. The van der Waals surface area contributed by atoms with Crippen LogP contribution in [0.15, 0.2) is 40.8 Å². The lowest BCUT2D eigenvalue weighted by Crippen LogP contribution is -2.54. The standard InChI is InChI=1S/C23H30N4O3/c1-18-4-3-5-20(16-18)25-12-14-26(15-13-25)22(28)17-24-8-10-27(11-9-24)23(29)21-7-6-19(2)30-21/h3-7,16H,8-15,17H2,1-2H3. The molecule has 0 bridgehead atoms. The van der Waals surface area contributed by atoms with Crippen molar-refractivity contribution >= 4 is 17.5 Å². The first-order valence-electron chi connectivity index (χ1n) is 10.7. The Morgan fingerprint density at radius 1 is 0.867 bits per heavy atom. The van der Waals surface area contributed by atoms with Crippen molar-refractivity contribution in [2.24, 2.45) is 0 Å². The Bertz CT molecular complexity index is 893. The molecule has 0 radical (unpaired) electrons. The number of hydrogen-bond acceptors (Lipinski definition) is 5. The van der Waals surface area contributed by atoms with Crippen molar-refractivity contribution in [3.63, 3.8) is 0 Å². The zero-order valence-electron chi connectivity index (χ0n) is 17.8. The van der Waals surface area contributed by atoms with Crippen LogP contribution in [0.1, 0.15) is 21.9 Å². The largest absolute Gasteiger partial charge is 0.456 e. The van der Waals surface area contributed by atoms with Crippen LogP contribution in [-0.2, 0) is 4.79 Å². The molecule has 7 nitrogen and oxygen atoms in total. The van der Waals surface area contributed by atoms with Crippen LogP contribution >= 0.6 is 0 Å². The van der Waals surface area contributed by atoms with Crippen LogP contribution in [0.25, 0.3) is 0 Å². The molecule has 0 N–H and O–H groups in total. The van der Waals surface area contributed by atoms with Crippen LogP contribution in [0.3, 0.4) is 0 Å². The molecular formula is C23H30N4O3. The molecule has 2 aliphatic rings. The minimum absolute atomic E-state index is 0.0682. The van der Waals surface area contributed by atoms with Crippen LogP contribution in [0, 0.1) is 13.8 Å². The van der Waals surface area contributed by atoms with Crippen molar-refractivity contribution in [3.05, 3.63) is 53.5 Å². The summed E-state index contributed by atoms with van der Waals surface area (Å²) in [6.45, 7) is 10.2. The van der Waals surface area contributed by atoms with Crippen molar-refractivity contribution in [1.29, 1.82) is 0 Å². The first kappa shape index (κ1) is 20.5. The van der Waals surface area contributed by atoms with E-state index in [0.717, 1.165) is 31.9 Å². The average Bonchev–Trinajstić information content (AvgIpc) is 3.20.